The Morgan fingerprint density at radius 3 is 3.12 bits per heavy atom. The largest absolute Gasteiger partial charge is 0.481 e. The standard InChI is InChI=1S/C9H6IN3O2S2/c10-6-2-11-4-12-8(6)17-9-13-5(3-16-9)1-7(14)15/h2-4H,1H2,(H,14,15). The molecule has 2 aromatic rings. The lowest BCUT2D eigenvalue weighted by atomic mass is 10.3. The van der Waals surface area contributed by atoms with Crippen LogP contribution < -0.4 is 0 Å². The van der Waals surface area contributed by atoms with Gasteiger partial charge in [0.2, 0.25) is 0 Å². The molecule has 0 amide bonds. The summed E-state index contributed by atoms with van der Waals surface area (Å²) in [5, 5.41) is 11.2. The van der Waals surface area contributed by atoms with Crippen LogP contribution in [0.1, 0.15) is 5.69 Å². The number of hydrogen-bond acceptors (Lipinski definition) is 6. The maximum atomic E-state index is 10.5. The van der Waals surface area contributed by atoms with Crippen molar-refractivity contribution in [2.45, 2.75) is 15.8 Å². The Kier molecular flexibility index (Phi) is 4.29. The highest BCUT2D eigenvalue weighted by molar-refractivity contribution is 14.1. The predicted octanol–water partition coefficient (Wildman–Crippen LogP) is 2.32. The highest BCUT2D eigenvalue weighted by Gasteiger charge is 2.09. The van der Waals surface area contributed by atoms with Crippen LogP contribution in [0.4, 0.5) is 0 Å². The number of carboxylic acid groups (broad SMARTS) is 1. The summed E-state index contributed by atoms with van der Waals surface area (Å²) in [4.78, 5) is 22.8. The molecule has 0 aromatic carbocycles. The summed E-state index contributed by atoms with van der Waals surface area (Å²) in [6, 6.07) is 0. The Morgan fingerprint density at radius 2 is 2.41 bits per heavy atom. The molecule has 0 saturated carbocycles. The molecular formula is C9H6IN3O2S2. The van der Waals surface area contributed by atoms with Crippen LogP contribution in [-0.2, 0) is 11.2 Å². The van der Waals surface area contributed by atoms with Crippen molar-refractivity contribution in [1.82, 2.24) is 15.0 Å². The average molecular weight is 379 g/mol. The lowest BCUT2D eigenvalue weighted by Crippen LogP contribution is -1.99. The number of nitrogens with zero attached hydrogens (tertiary/aromatic N) is 3. The first-order valence-electron chi connectivity index (χ1n) is 4.44. The summed E-state index contributed by atoms with van der Waals surface area (Å²) in [7, 11) is 0. The molecule has 2 aromatic heterocycles. The van der Waals surface area contributed by atoms with Crippen LogP contribution in [0.3, 0.4) is 0 Å². The molecule has 1 N–H and O–H groups in total. The molecule has 8 heteroatoms. The second-order valence-corrected chi connectivity index (χ2v) is 6.21. The van der Waals surface area contributed by atoms with E-state index in [-0.39, 0.29) is 6.42 Å². The fraction of sp³-hybridized carbons (Fsp3) is 0.111. The second-order valence-electron chi connectivity index (χ2n) is 2.95. The molecule has 0 saturated heterocycles. The molecule has 0 aliphatic heterocycles. The minimum atomic E-state index is -0.872. The molecule has 0 unspecified atom stereocenters. The lowest BCUT2D eigenvalue weighted by molar-refractivity contribution is -0.136. The first kappa shape index (κ1) is 12.7. The van der Waals surface area contributed by atoms with E-state index in [0.717, 1.165) is 12.9 Å². The van der Waals surface area contributed by atoms with Crippen LogP contribution in [0.2, 0.25) is 0 Å². The van der Waals surface area contributed by atoms with Crippen molar-refractivity contribution in [1.29, 1.82) is 0 Å². The van der Waals surface area contributed by atoms with Crippen LogP contribution >= 0.6 is 45.7 Å². The smallest absolute Gasteiger partial charge is 0.309 e. The lowest BCUT2D eigenvalue weighted by Gasteiger charge is -1.97. The van der Waals surface area contributed by atoms with Crippen molar-refractivity contribution in [3.05, 3.63) is 27.2 Å². The third kappa shape index (κ3) is 3.61. The Labute approximate surface area is 119 Å². The fourth-order valence-electron chi connectivity index (χ4n) is 1.03. The van der Waals surface area contributed by atoms with E-state index in [9.17, 15) is 4.79 Å². The highest BCUT2D eigenvalue weighted by atomic mass is 127. The summed E-state index contributed by atoms with van der Waals surface area (Å²) < 4.78 is 1.74. The second kappa shape index (κ2) is 5.74. The van der Waals surface area contributed by atoms with Gasteiger partial charge in [-0.15, -0.1) is 11.3 Å². The Hall–Kier alpha value is -0.740. The van der Waals surface area contributed by atoms with Gasteiger partial charge in [0.15, 0.2) is 4.34 Å². The molecule has 0 atom stereocenters. The third-order valence-electron chi connectivity index (χ3n) is 1.68. The Bertz CT molecular complexity index is 547. The van der Waals surface area contributed by atoms with E-state index in [1.165, 1.54) is 29.4 Å². The fourth-order valence-corrected chi connectivity index (χ4v) is 3.36. The zero-order valence-electron chi connectivity index (χ0n) is 8.33. The summed E-state index contributed by atoms with van der Waals surface area (Å²) in [6.07, 6.45) is 3.16. The van der Waals surface area contributed by atoms with E-state index >= 15 is 0 Å². The maximum Gasteiger partial charge on any atom is 0.309 e. The Morgan fingerprint density at radius 1 is 1.59 bits per heavy atom. The normalized spacial score (nSPS) is 10.4. The summed E-state index contributed by atoms with van der Waals surface area (Å²) in [5.41, 5.74) is 0.578. The van der Waals surface area contributed by atoms with Gasteiger partial charge in [-0.05, 0) is 34.4 Å². The minimum absolute atomic E-state index is 0.0437. The summed E-state index contributed by atoms with van der Waals surface area (Å²) in [6.45, 7) is 0. The number of rotatable bonds is 4. The molecule has 2 rings (SSSR count). The number of thiazole rings is 1. The molecule has 2 heterocycles. The molecule has 5 nitrogen and oxygen atoms in total. The van der Waals surface area contributed by atoms with Crippen molar-refractivity contribution in [3.63, 3.8) is 0 Å². The van der Waals surface area contributed by atoms with Gasteiger partial charge in [0.05, 0.1) is 15.7 Å². The number of carbonyl (C=O) groups is 1. The molecule has 17 heavy (non-hydrogen) atoms. The molecule has 0 aliphatic carbocycles. The molecule has 0 fully saturated rings. The van der Waals surface area contributed by atoms with Crippen molar-refractivity contribution < 1.29 is 9.90 Å². The van der Waals surface area contributed by atoms with Gasteiger partial charge in [0.1, 0.15) is 11.4 Å². The van der Waals surface area contributed by atoms with Gasteiger partial charge in [0.25, 0.3) is 0 Å². The maximum absolute atomic E-state index is 10.5. The van der Waals surface area contributed by atoms with Gasteiger partial charge in [-0.1, -0.05) is 0 Å². The molecule has 0 radical (unpaired) electrons. The minimum Gasteiger partial charge on any atom is -0.481 e. The number of carboxylic acids is 1. The first-order valence-corrected chi connectivity index (χ1v) is 7.22. The van der Waals surface area contributed by atoms with Gasteiger partial charge >= 0.3 is 5.97 Å². The molecular weight excluding hydrogens is 373 g/mol. The van der Waals surface area contributed by atoms with E-state index in [0.29, 0.717) is 5.69 Å². The zero-order valence-corrected chi connectivity index (χ0v) is 12.1. The van der Waals surface area contributed by atoms with E-state index in [2.05, 4.69) is 37.5 Å². The van der Waals surface area contributed by atoms with Crippen LogP contribution in [0, 0.1) is 3.57 Å². The summed E-state index contributed by atoms with van der Waals surface area (Å²) in [5.74, 6) is -0.872. The number of aromatic nitrogens is 3. The third-order valence-corrected chi connectivity index (χ3v) is 4.84. The van der Waals surface area contributed by atoms with Crippen molar-refractivity contribution in [2.24, 2.45) is 0 Å². The van der Waals surface area contributed by atoms with Gasteiger partial charge in [-0.3, -0.25) is 4.79 Å². The van der Waals surface area contributed by atoms with Crippen molar-refractivity contribution in [2.75, 3.05) is 0 Å². The van der Waals surface area contributed by atoms with Gasteiger partial charge < -0.3 is 5.11 Å². The van der Waals surface area contributed by atoms with E-state index in [1.807, 2.05) is 0 Å². The molecule has 0 aliphatic rings. The molecule has 0 spiro atoms. The number of hydrogen-bond donors (Lipinski definition) is 1. The van der Waals surface area contributed by atoms with Crippen LogP contribution in [-0.4, -0.2) is 26.0 Å². The topological polar surface area (TPSA) is 76.0 Å². The first-order chi connectivity index (χ1) is 8.15. The predicted molar refractivity (Wildman–Crippen MR) is 72.3 cm³/mol. The quantitative estimate of drug-likeness (QED) is 0.649. The van der Waals surface area contributed by atoms with E-state index in [1.54, 1.807) is 11.6 Å². The van der Waals surface area contributed by atoms with Crippen molar-refractivity contribution >= 4 is 51.7 Å². The zero-order chi connectivity index (χ0) is 12.3. The number of halogens is 1. The van der Waals surface area contributed by atoms with Crippen LogP contribution in [0.25, 0.3) is 0 Å². The average Bonchev–Trinajstić information content (AvgIpc) is 2.68. The monoisotopic (exact) mass is 379 g/mol. The van der Waals surface area contributed by atoms with Crippen LogP contribution in [0.15, 0.2) is 27.3 Å². The highest BCUT2D eigenvalue weighted by Crippen LogP contribution is 2.31. The van der Waals surface area contributed by atoms with Gasteiger partial charge in [-0.25, -0.2) is 15.0 Å². The van der Waals surface area contributed by atoms with Gasteiger partial charge in [0, 0.05) is 11.6 Å². The summed E-state index contributed by atoms with van der Waals surface area (Å²) >= 11 is 4.99. The van der Waals surface area contributed by atoms with E-state index < -0.39 is 5.97 Å². The Balaban J connectivity index is 2.12. The molecule has 0 bridgehead atoms. The molecule has 88 valence electrons. The number of aliphatic carboxylic acids is 1. The van der Waals surface area contributed by atoms with E-state index in [4.69, 9.17) is 5.11 Å². The van der Waals surface area contributed by atoms with Crippen LogP contribution in [0.5, 0.6) is 0 Å². The van der Waals surface area contributed by atoms with Crippen molar-refractivity contribution in [3.8, 4) is 0 Å². The van der Waals surface area contributed by atoms with Gasteiger partial charge in [-0.2, -0.15) is 0 Å². The SMILES string of the molecule is O=C(O)Cc1csc(Sc2ncncc2I)n1.